The number of rotatable bonds is 4. The molecule has 0 spiro atoms. The van der Waals surface area contributed by atoms with Crippen LogP contribution in [0.25, 0.3) is 0 Å². The number of aliphatic carboxylic acids is 1. The monoisotopic (exact) mass is 158 g/mol. The summed E-state index contributed by atoms with van der Waals surface area (Å²) in [6.45, 7) is 3.44. The van der Waals surface area contributed by atoms with E-state index in [1.165, 1.54) is 0 Å². The Hall–Kier alpha value is -0.830. The Morgan fingerprint density at radius 2 is 2.18 bits per heavy atom. The molecule has 0 aliphatic heterocycles. The Kier molecular flexibility index (Phi) is 4.54. The highest BCUT2D eigenvalue weighted by Gasteiger charge is 2.08. The molecule has 0 aromatic heterocycles. The molecule has 3 heteroatoms. The minimum absolute atomic E-state index is 0.225. The van der Waals surface area contributed by atoms with Crippen LogP contribution >= 0.6 is 0 Å². The van der Waals surface area contributed by atoms with Crippen LogP contribution in [-0.2, 0) is 4.79 Å². The van der Waals surface area contributed by atoms with Crippen LogP contribution < -0.4 is 0 Å². The van der Waals surface area contributed by atoms with E-state index in [9.17, 15) is 4.79 Å². The normalized spacial score (nSPS) is 14.6. The third kappa shape index (κ3) is 4.56. The SMILES string of the molecule is CC/C=C(\CC(C)O)C(=O)O. The first-order valence-electron chi connectivity index (χ1n) is 3.68. The van der Waals surface area contributed by atoms with Gasteiger partial charge in [-0.25, -0.2) is 4.79 Å². The molecule has 2 N–H and O–H groups in total. The van der Waals surface area contributed by atoms with Crippen molar-refractivity contribution in [2.24, 2.45) is 0 Å². The van der Waals surface area contributed by atoms with E-state index >= 15 is 0 Å². The zero-order valence-corrected chi connectivity index (χ0v) is 6.87. The van der Waals surface area contributed by atoms with Crippen molar-refractivity contribution in [3.05, 3.63) is 11.6 Å². The lowest BCUT2D eigenvalue weighted by Crippen LogP contribution is -2.08. The fourth-order valence-electron chi connectivity index (χ4n) is 0.823. The Morgan fingerprint density at radius 1 is 1.64 bits per heavy atom. The van der Waals surface area contributed by atoms with E-state index in [1.807, 2.05) is 6.92 Å². The first-order valence-corrected chi connectivity index (χ1v) is 3.68. The third-order valence-electron chi connectivity index (χ3n) is 1.24. The summed E-state index contributed by atoms with van der Waals surface area (Å²) < 4.78 is 0. The molecule has 0 radical (unpaired) electrons. The molecule has 0 aliphatic carbocycles. The number of allylic oxidation sites excluding steroid dienone is 1. The van der Waals surface area contributed by atoms with E-state index in [4.69, 9.17) is 10.2 Å². The molecule has 64 valence electrons. The standard InChI is InChI=1S/C8H14O3/c1-3-4-7(8(10)11)5-6(2)9/h4,6,9H,3,5H2,1-2H3,(H,10,11)/b7-4+. The van der Waals surface area contributed by atoms with Crippen LogP contribution in [0.1, 0.15) is 26.7 Å². The third-order valence-corrected chi connectivity index (χ3v) is 1.24. The fourth-order valence-corrected chi connectivity index (χ4v) is 0.823. The molecule has 1 atom stereocenters. The summed E-state index contributed by atoms with van der Waals surface area (Å²) >= 11 is 0. The van der Waals surface area contributed by atoms with Gasteiger partial charge in [-0.15, -0.1) is 0 Å². The first kappa shape index (κ1) is 10.2. The average molecular weight is 158 g/mol. The van der Waals surface area contributed by atoms with Gasteiger partial charge < -0.3 is 10.2 Å². The molecule has 1 unspecified atom stereocenters. The van der Waals surface area contributed by atoms with Crippen molar-refractivity contribution in [2.75, 3.05) is 0 Å². The number of aliphatic hydroxyl groups is 1. The highest BCUT2D eigenvalue weighted by molar-refractivity contribution is 5.86. The summed E-state index contributed by atoms with van der Waals surface area (Å²) in [5.41, 5.74) is 0.294. The van der Waals surface area contributed by atoms with E-state index < -0.39 is 12.1 Å². The van der Waals surface area contributed by atoms with Crippen molar-refractivity contribution in [3.8, 4) is 0 Å². The Labute approximate surface area is 66.4 Å². The zero-order chi connectivity index (χ0) is 8.85. The summed E-state index contributed by atoms with van der Waals surface area (Å²) in [5, 5.41) is 17.5. The van der Waals surface area contributed by atoms with Crippen molar-refractivity contribution in [2.45, 2.75) is 32.8 Å². The van der Waals surface area contributed by atoms with Crippen LogP contribution in [0, 0.1) is 0 Å². The number of carboxylic acid groups (broad SMARTS) is 1. The Balaban J connectivity index is 4.12. The Bertz CT molecular complexity index is 159. The predicted molar refractivity (Wildman–Crippen MR) is 42.3 cm³/mol. The lowest BCUT2D eigenvalue weighted by atomic mass is 10.1. The molecule has 0 heterocycles. The lowest BCUT2D eigenvalue weighted by Gasteiger charge is -2.03. The van der Waals surface area contributed by atoms with Gasteiger partial charge in [0, 0.05) is 12.0 Å². The van der Waals surface area contributed by atoms with E-state index in [2.05, 4.69) is 0 Å². The maximum atomic E-state index is 10.4. The van der Waals surface area contributed by atoms with Gasteiger partial charge in [-0.3, -0.25) is 0 Å². The molecule has 0 bridgehead atoms. The summed E-state index contributed by atoms with van der Waals surface area (Å²) in [6.07, 6.45) is 1.95. The lowest BCUT2D eigenvalue weighted by molar-refractivity contribution is -0.133. The summed E-state index contributed by atoms with van der Waals surface area (Å²) in [4.78, 5) is 10.4. The van der Waals surface area contributed by atoms with Gasteiger partial charge in [0.15, 0.2) is 0 Å². The van der Waals surface area contributed by atoms with Crippen LogP contribution in [0.5, 0.6) is 0 Å². The average Bonchev–Trinajstić information content (AvgIpc) is 1.86. The molecule has 0 saturated carbocycles. The molecule has 0 saturated heterocycles. The van der Waals surface area contributed by atoms with Crippen LogP contribution in [-0.4, -0.2) is 22.3 Å². The van der Waals surface area contributed by atoms with Crippen molar-refractivity contribution >= 4 is 5.97 Å². The van der Waals surface area contributed by atoms with E-state index in [0.717, 1.165) is 0 Å². The summed E-state index contributed by atoms with van der Waals surface area (Å²) in [5.74, 6) is -0.937. The molecular formula is C8H14O3. The molecule has 11 heavy (non-hydrogen) atoms. The second kappa shape index (κ2) is 4.91. The highest BCUT2D eigenvalue weighted by atomic mass is 16.4. The fraction of sp³-hybridized carbons (Fsp3) is 0.625. The highest BCUT2D eigenvalue weighted by Crippen LogP contribution is 2.06. The quantitative estimate of drug-likeness (QED) is 0.604. The minimum Gasteiger partial charge on any atom is -0.478 e. The molecule has 0 aromatic carbocycles. The number of hydrogen-bond donors (Lipinski definition) is 2. The van der Waals surface area contributed by atoms with Crippen molar-refractivity contribution in [3.63, 3.8) is 0 Å². The van der Waals surface area contributed by atoms with Crippen LogP contribution in [0.3, 0.4) is 0 Å². The van der Waals surface area contributed by atoms with Crippen molar-refractivity contribution in [1.82, 2.24) is 0 Å². The van der Waals surface area contributed by atoms with E-state index in [-0.39, 0.29) is 6.42 Å². The van der Waals surface area contributed by atoms with Gasteiger partial charge in [0.25, 0.3) is 0 Å². The van der Waals surface area contributed by atoms with E-state index in [0.29, 0.717) is 12.0 Å². The van der Waals surface area contributed by atoms with Crippen molar-refractivity contribution in [1.29, 1.82) is 0 Å². The van der Waals surface area contributed by atoms with E-state index in [1.54, 1.807) is 13.0 Å². The molecule has 0 fully saturated rings. The van der Waals surface area contributed by atoms with Gasteiger partial charge in [0.1, 0.15) is 0 Å². The minimum atomic E-state index is -0.937. The number of aliphatic hydroxyl groups excluding tert-OH is 1. The van der Waals surface area contributed by atoms with Crippen LogP contribution in [0.2, 0.25) is 0 Å². The zero-order valence-electron chi connectivity index (χ0n) is 6.87. The Morgan fingerprint density at radius 3 is 2.45 bits per heavy atom. The van der Waals surface area contributed by atoms with Gasteiger partial charge in [-0.05, 0) is 13.3 Å². The first-order chi connectivity index (χ1) is 5.07. The van der Waals surface area contributed by atoms with Gasteiger partial charge in [0.05, 0.1) is 6.10 Å². The van der Waals surface area contributed by atoms with Crippen molar-refractivity contribution < 1.29 is 15.0 Å². The van der Waals surface area contributed by atoms with Gasteiger partial charge in [-0.2, -0.15) is 0 Å². The predicted octanol–water partition coefficient (Wildman–Crippen LogP) is 1.18. The topological polar surface area (TPSA) is 57.5 Å². The smallest absolute Gasteiger partial charge is 0.331 e. The molecule has 0 amide bonds. The summed E-state index contributed by atoms with van der Waals surface area (Å²) in [6, 6.07) is 0. The van der Waals surface area contributed by atoms with Crippen LogP contribution in [0.4, 0.5) is 0 Å². The maximum Gasteiger partial charge on any atom is 0.331 e. The second-order valence-corrected chi connectivity index (χ2v) is 2.50. The maximum absolute atomic E-state index is 10.4. The summed E-state index contributed by atoms with van der Waals surface area (Å²) in [7, 11) is 0. The van der Waals surface area contributed by atoms with Crippen LogP contribution in [0.15, 0.2) is 11.6 Å². The van der Waals surface area contributed by atoms with Gasteiger partial charge >= 0.3 is 5.97 Å². The second-order valence-electron chi connectivity index (χ2n) is 2.50. The molecule has 0 aromatic rings. The number of hydrogen-bond acceptors (Lipinski definition) is 2. The molecule has 0 rings (SSSR count). The largest absolute Gasteiger partial charge is 0.478 e. The van der Waals surface area contributed by atoms with Gasteiger partial charge in [-0.1, -0.05) is 13.0 Å². The number of carboxylic acids is 1. The molecule has 0 aliphatic rings. The van der Waals surface area contributed by atoms with Gasteiger partial charge in [0.2, 0.25) is 0 Å². The molecular weight excluding hydrogens is 144 g/mol. The number of carbonyl (C=O) groups is 1. The molecule has 3 nitrogen and oxygen atoms in total.